The average molecular weight is 461 g/mol. The highest BCUT2D eigenvalue weighted by molar-refractivity contribution is 8.26. The number of aliphatic hydroxyl groups excluding tert-OH is 1. The maximum Gasteiger partial charge on any atom is 0.267 e. The largest absolute Gasteiger partial charge is 0.396 e. The zero-order valence-electron chi connectivity index (χ0n) is 17.2. The molecule has 2 N–H and O–H groups in total. The summed E-state index contributed by atoms with van der Waals surface area (Å²) in [7, 11) is 0. The highest BCUT2D eigenvalue weighted by Crippen LogP contribution is 2.34. The van der Waals surface area contributed by atoms with E-state index in [0.29, 0.717) is 52.4 Å². The number of thioether (sulfide) groups is 1. The van der Waals surface area contributed by atoms with E-state index < -0.39 is 0 Å². The molecule has 2 saturated heterocycles. The van der Waals surface area contributed by atoms with Crippen molar-refractivity contribution in [1.82, 2.24) is 14.3 Å². The smallest absolute Gasteiger partial charge is 0.267 e. The van der Waals surface area contributed by atoms with Gasteiger partial charge in [0.1, 0.15) is 15.8 Å². The molecule has 2 aromatic rings. The van der Waals surface area contributed by atoms with Gasteiger partial charge in [-0.1, -0.05) is 30.0 Å². The molecule has 0 bridgehead atoms. The van der Waals surface area contributed by atoms with Crippen molar-refractivity contribution in [1.29, 1.82) is 0 Å². The summed E-state index contributed by atoms with van der Waals surface area (Å²) >= 11 is 6.60. The lowest BCUT2D eigenvalue weighted by Crippen LogP contribution is -2.35. The van der Waals surface area contributed by atoms with Crippen molar-refractivity contribution in [2.75, 3.05) is 31.6 Å². The Bertz CT molecular complexity index is 1110. The number of thiocarbonyl (C=S) groups is 1. The van der Waals surface area contributed by atoms with Gasteiger partial charge in [0.2, 0.25) is 0 Å². The van der Waals surface area contributed by atoms with Crippen molar-refractivity contribution in [3.05, 3.63) is 44.7 Å². The molecule has 2 fully saturated rings. The number of rotatable bonds is 7. The van der Waals surface area contributed by atoms with Crippen molar-refractivity contribution >= 4 is 51.7 Å². The highest BCUT2D eigenvalue weighted by Gasteiger charge is 2.35. The number of pyridine rings is 1. The molecule has 0 aromatic carbocycles. The molecule has 1 atom stereocenters. The van der Waals surface area contributed by atoms with Crippen molar-refractivity contribution in [3.8, 4) is 0 Å². The van der Waals surface area contributed by atoms with E-state index in [4.69, 9.17) is 22.1 Å². The molecule has 0 aliphatic carbocycles. The van der Waals surface area contributed by atoms with E-state index in [-0.39, 0.29) is 24.2 Å². The maximum absolute atomic E-state index is 13.3. The first-order valence-corrected chi connectivity index (χ1v) is 11.4. The van der Waals surface area contributed by atoms with Crippen LogP contribution in [0.25, 0.3) is 11.7 Å². The van der Waals surface area contributed by atoms with Crippen LogP contribution in [0, 0.1) is 6.92 Å². The highest BCUT2D eigenvalue weighted by atomic mass is 32.2. The van der Waals surface area contributed by atoms with Crippen LogP contribution in [0.5, 0.6) is 0 Å². The van der Waals surface area contributed by atoms with Crippen LogP contribution in [0.1, 0.15) is 30.4 Å². The molecule has 31 heavy (non-hydrogen) atoms. The lowest BCUT2D eigenvalue weighted by molar-refractivity contribution is -0.123. The van der Waals surface area contributed by atoms with E-state index in [1.807, 2.05) is 13.0 Å². The maximum atomic E-state index is 13.3. The Kier molecular flexibility index (Phi) is 6.71. The van der Waals surface area contributed by atoms with Crippen LogP contribution in [-0.4, -0.2) is 62.0 Å². The molecular weight excluding hydrogens is 436 g/mol. The summed E-state index contributed by atoms with van der Waals surface area (Å²) < 4.78 is 7.58. The number of aryl methyl sites for hydroxylation is 1. The van der Waals surface area contributed by atoms with E-state index in [1.165, 1.54) is 16.2 Å². The molecule has 10 heteroatoms. The van der Waals surface area contributed by atoms with Crippen LogP contribution >= 0.6 is 24.0 Å². The molecule has 2 aromatic heterocycles. The number of amides is 1. The number of fused-ring (bicyclic) bond motifs is 1. The number of aliphatic hydroxyl groups is 1. The van der Waals surface area contributed by atoms with E-state index in [1.54, 1.807) is 23.2 Å². The van der Waals surface area contributed by atoms with Gasteiger partial charge in [0.05, 0.1) is 23.1 Å². The Morgan fingerprint density at radius 1 is 1.42 bits per heavy atom. The van der Waals surface area contributed by atoms with Gasteiger partial charge in [-0.2, -0.15) is 0 Å². The molecule has 0 unspecified atom stereocenters. The summed E-state index contributed by atoms with van der Waals surface area (Å²) in [5.41, 5.74) is 1.44. The van der Waals surface area contributed by atoms with Crippen molar-refractivity contribution < 1.29 is 14.6 Å². The number of hydrogen-bond acceptors (Lipinski definition) is 8. The number of ether oxygens (including phenoxy) is 1. The fraction of sp³-hybridized carbons (Fsp3) is 0.429. The third-order valence-corrected chi connectivity index (χ3v) is 6.57. The fourth-order valence-electron chi connectivity index (χ4n) is 3.59. The summed E-state index contributed by atoms with van der Waals surface area (Å²) in [6, 6.07) is 3.66. The summed E-state index contributed by atoms with van der Waals surface area (Å²) in [4.78, 5) is 32.8. The molecular formula is C21H24N4O4S2. The molecule has 4 rings (SSSR count). The number of hydrogen-bond donors (Lipinski definition) is 2. The minimum atomic E-state index is -0.274. The number of anilines is 1. The van der Waals surface area contributed by atoms with Gasteiger partial charge in [-0.3, -0.25) is 18.9 Å². The average Bonchev–Trinajstić information content (AvgIpc) is 3.35. The second-order valence-electron chi connectivity index (χ2n) is 7.55. The van der Waals surface area contributed by atoms with Crippen LogP contribution in [0.15, 0.2) is 28.0 Å². The summed E-state index contributed by atoms with van der Waals surface area (Å²) in [6.45, 7) is 3.51. The fourth-order valence-corrected chi connectivity index (χ4v) is 4.85. The Labute approximate surface area is 189 Å². The molecule has 4 heterocycles. The van der Waals surface area contributed by atoms with E-state index in [0.717, 1.165) is 18.4 Å². The third-order valence-electron chi connectivity index (χ3n) is 5.19. The zero-order valence-corrected chi connectivity index (χ0v) is 18.8. The molecule has 2 aliphatic rings. The molecule has 2 aliphatic heterocycles. The molecule has 0 saturated carbocycles. The first kappa shape index (κ1) is 21.9. The summed E-state index contributed by atoms with van der Waals surface area (Å²) in [5, 5.41) is 12.2. The van der Waals surface area contributed by atoms with Gasteiger partial charge >= 0.3 is 0 Å². The molecule has 0 spiro atoms. The molecule has 1 amide bonds. The van der Waals surface area contributed by atoms with Gasteiger partial charge in [0.15, 0.2) is 0 Å². The Morgan fingerprint density at radius 3 is 3.00 bits per heavy atom. The first-order chi connectivity index (χ1) is 15.0. The summed E-state index contributed by atoms with van der Waals surface area (Å²) in [6.07, 6.45) is 5.69. The number of aromatic nitrogens is 2. The minimum absolute atomic E-state index is 0.00602. The van der Waals surface area contributed by atoms with E-state index >= 15 is 0 Å². The van der Waals surface area contributed by atoms with Crippen molar-refractivity contribution in [2.45, 2.75) is 32.3 Å². The van der Waals surface area contributed by atoms with Gasteiger partial charge in [-0.05, 0) is 43.9 Å². The lowest BCUT2D eigenvalue weighted by atomic mass is 10.2. The minimum Gasteiger partial charge on any atom is -0.396 e. The van der Waals surface area contributed by atoms with Crippen LogP contribution in [0.2, 0.25) is 0 Å². The van der Waals surface area contributed by atoms with Crippen LogP contribution in [0.3, 0.4) is 0 Å². The van der Waals surface area contributed by atoms with E-state index in [9.17, 15) is 9.59 Å². The normalized spacial score (nSPS) is 20.4. The number of nitrogens with one attached hydrogen (secondary N) is 1. The van der Waals surface area contributed by atoms with Gasteiger partial charge in [0, 0.05) is 26.0 Å². The predicted octanol–water partition coefficient (Wildman–Crippen LogP) is 2.18. The molecule has 8 nitrogen and oxygen atoms in total. The van der Waals surface area contributed by atoms with Gasteiger partial charge in [-0.25, -0.2) is 4.98 Å². The predicted molar refractivity (Wildman–Crippen MR) is 125 cm³/mol. The second-order valence-corrected chi connectivity index (χ2v) is 9.22. The standard InChI is InChI=1S/C21H24N4O4S2/c1-13-5-6-17-23-18(22-7-3-8-26)15(19(27)24(17)11-13)10-16-20(28)25(21(30)31-16)12-14-4-2-9-29-14/h5-6,10-11,14,22,26H,2-4,7-9,12H2,1H3/b16-10+/t14-/m0/s1. The first-order valence-electron chi connectivity index (χ1n) is 10.2. The third kappa shape index (κ3) is 4.67. The molecule has 0 radical (unpaired) electrons. The van der Waals surface area contributed by atoms with Crippen LogP contribution in [-0.2, 0) is 9.53 Å². The van der Waals surface area contributed by atoms with Crippen LogP contribution in [0.4, 0.5) is 5.82 Å². The van der Waals surface area contributed by atoms with Crippen LogP contribution < -0.4 is 10.9 Å². The van der Waals surface area contributed by atoms with E-state index in [2.05, 4.69) is 10.3 Å². The van der Waals surface area contributed by atoms with Crippen molar-refractivity contribution in [2.24, 2.45) is 0 Å². The Balaban J connectivity index is 1.71. The molecule has 164 valence electrons. The quantitative estimate of drug-likeness (QED) is 0.369. The van der Waals surface area contributed by atoms with Gasteiger partial charge in [0.25, 0.3) is 11.5 Å². The van der Waals surface area contributed by atoms with Gasteiger partial charge < -0.3 is 15.2 Å². The number of carbonyl (C=O) groups excluding carboxylic acids is 1. The van der Waals surface area contributed by atoms with Gasteiger partial charge in [-0.15, -0.1) is 0 Å². The topological polar surface area (TPSA) is 96.2 Å². The summed E-state index contributed by atoms with van der Waals surface area (Å²) in [5.74, 6) is 0.159. The second kappa shape index (κ2) is 9.47. The SMILES string of the molecule is Cc1ccc2nc(NCCCO)c(/C=C3/SC(=S)N(C[C@@H]4CCCO4)C3=O)c(=O)n2c1. The van der Waals surface area contributed by atoms with Crippen molar-refractivity contribution in [3.63, 3.8) is 0 Å². The monoisotopic (exact) mass is 460 g/mol. The Morgan fingerprint density at radius 2 is 2.26 bits per heavy atom. The number of nitrogens with zero attached hydrogens (tertiary/aromatic N) is 3. The lowest BCUT2D eigenvalue weighted by Gasteiger charge is -2.18. The Hall–Kier alpha value is -2.27. The zero-order chi connectivity index (χ0) is 22.0. The number of carbonyl (C=O) groups is 1.